The Balaban J connectivity index is 2.25. The second-order valence-corrected chi connectivity index (χ2v) is 4.57. The molecular formula is C16H17NO3. The van der Waals surface area contributed by atoms with Gasteiger partial charge in [0, 0.05) is 11.3 Å². The van der Waals surface area contributed by atoms with E-state index in [2.05, 4.69) is 5.32 Å². The van der Waals surface area contributed by atoms with E-state index >= 15 is 0 Å². The molecule has 0 fully saturated rings. The fourth-order valence-electron chi connectivity index (χ4n) is 1.90. The van der Waals surface area contributed by atoms with Crippen molar-refractivity contribution >= 4 is 11.6 Å². The number of nitrogens with one attached hydrogen (secondary N) is 1. The smallest absolute Gasteiger partial charge is 0.255 e. The average molecular weight is 271 g/mol. The Kier molecular flexibility index (Phi) is 3.94. The number of hydrogen-bond donors (Lipinski definition) is 2. The van der Waals surface area contributed by atoms with Gasteiger partial charge in [-0.1, -0.05) is 6.07 Å². The maximum absolute atomic E-state index is 12.2. The molecule has 104 valence electrons. The molecule has 0 aromatic heterocycles. The number of phenolic OH excluding ortho intramolecular Hbond substituents is 1. The van der Waals surface area contributed by atoms with Gasteiger partial charge in [-0.3, -0.25) is 4.79 Å². The van der Waals surface area contributed by atoms with E-state index in [1.54, 1.807) is 43.5 Å². The van der Waals surface area contributed by atoms with Gasteiger partial charge in [0.15, 0.2) is 0 Å². The highest BCUT2D eigenvalue weighted by Gasteiger charge is 2.11. The standard InChI is InChI=1S/C16H17NO3/c1-10-11(2)15(18)8-7-14(10)17-16(19)12-5-4-6-13(9-12)20-3/h4-9,18H,1-3H3,(H,17,19). The van der Waals surface area contributed by atoms with Crippen LogP contribution < -0.4 is 10.1 Å². The zero-order valence-electron chi connectivity index (χ0n) is 11.7. The molecule has 20 heavy (non-hydrogen) atoms. The van der Waals surface area contributed by atoms with E-state index in [0.29, 0.717) is 17.0 Å². The predicted molar refractivity (Wildman–Crippen MR) is 78.5 cm³/mol. The van der Waals surface area contributed by atoms with E-state index in [4.69, 9.17) is 4.74 Å². The van der Waals surface area contributed by atoms with Crippen LogP contribution in [0, 0.1) is 13.8 Å². The first-order chi connectivity index (χ1) is 9.52. The number of ether oxygens (including phenoxy) is 1. The Morgan fingerprint density at radius 3 is 2.60 bits per heavy atom. The molecule has 2 rings (SSSR count). The molecule has 0 bridgehead atoms. The third kappa shape index (κ3) is 2.74. The van der Waals surface area contributed by atoms with Gasteiger partial charge in [-0.2, -0.15) is 0 Å². The highest BCUT2D eigenvalue weighted by Crippen LogP contribution is 2.26. The molecule has 2 N–H and O–H groups in total. The molecule has 0 aliphatic rings. The van der Waals surface area contributed by atoms with Crippen LogP contribution in [-0.4, -0.2) is 18.1 Å². The highest BCUT2D eigenvalue weighted by molar-refractivity contribution is 6.05. The number of hydrogen-bond acceptors (Lipinski definition) is 3. The number of phenols is 1. The maximum atomic E-state index is 12.2. The number of amides is 1. The van der Waals surface area contributed by atoms with Gasteiger partial charge in [0.05, 0.1) is 7.11 Å². The van der Waals surface area contributed by atoms with Gasteiger partial charge in [0.25, 0.3) is 5.91 Å². The summed E-state index contributed by atoms with van der Waals surface area (Å²) in [7, 11) is 1.56. The molecule has 2 aromatic rings. The monoisotopic (exact) mass is 271 g/mol. The van der Waals surface area contributed by atoms with Crippen LogP contribution in [0.15, 0.2) is 36.4 Å². The van der Waals surface area contributed by atoms with Crippen molar-refractivity contribution in [3.63, 3.8) is 0 Å². The van der Waals surface area contributed by atoms with Gasteiger partial charge in [-0.25, -0.2) is 0 Å². The van der Waals surface area contributed by atoms with Crippen molar-refractivity contribution in [2.75, 3.05) is 12.4 Å². The Morgan fingerprint density at radius 1 is 1.15 bits per heavy atom. The van der Waals surface area contributed by atoms with E-state index in [0.717, 1.165) is 11.1 Å². The minimum atomic E-state index is -0.211. The van der Waals surface area contributed by atoms with E-state index in [1.807, 2.05) is 13.8 Å². The summed E-state index contributed by atoms with van der Waals surface area (Å²) in [6.07, 6.45) is 0. The summed E-state index contributed by atoms with van der Waals surface area (Å²) in [5, 5.41) is 12.5. The van der Waals surface area contributed by atoms with E-state index < -0.39 is 0 Å². The molecule has 0 radical (unpaired) electrons. The molecule has 0 saturated heterocycles. The van der Waals surface area contributed by atoms with Crippen molar-refractivity contribution < 1.29 is 14.6 Å². The van der Waals surface area contributed by atoms with E-state index in [1.165, 1.54) is 0 Å². The quantitative estimate of drug-likeness (QED) is 0.842. The number of benzene rings is 2. The lowest BCUT2D eigenvalue weighted by Crippen LogP contribution is -2.13. The van der Waals surface area contributed by atoms with Crippen molar-refractivity contribution in [2.24, 2.45) is 0 Å². The number of aromatic hydroxyl groups is 1. The summed E-state index contributed by atoms with van der Waals surface area (Å²) in [6.45, 7) is 3.67. The van der Waals surface area contributed by atoms with Crippen LogP contribution in [0.5, 0.6) is 11.5 Å². The third-order valence-electron chi connectivity index (χ3n) is 3.34. The first-order valence-electron chi connectivity index (χ1n) is 6.27. The normalized spacial score (nSPS) is 10.2. The van der Waals surface area contributed by atoms with Crippen molar-refractivity contribution in [1.82, 2.24) is 0 Å². The first kappa shape index (κ1) is 13.9. The highest BCUT2D eigenvalue weighted by atomic mass is 16.5. The van der Waals surface area contributed by atoms with Crippen LogP contribution in [0.1, 0.15) is 21.5 Å². The maximum Gasteiger partial charge on any atom is 0.255 e. The summed E-state index contributed by atoms with van der Waals surface area (Å²) < 4.78 is 5.10. The average Bonchev–Trinajstić information content (AvgIpc) is 2.48. The van der Waals surface area contributed by atoms with Gasteiger partial charge in [0.2, 0.25) is 0 Å². The fraction of sp³-hybridized carbons (Fsp3) is 0.188. The van der Waals surface area contributed by atoms with Crippen LogP contribution in [0.25, 0.3) is 0 Å². The van der Waals surface area contributed by atoms with Gasteiger partial charge < -0.3 is 15.2 Å². The van der Waals surface area contributed by atoms with Gasteiger partial charge in [0.1, 0.15) is 11.5 Å². The minimum absolute atomic E-state index is 0.211. The second-order valence-electron chi connectivity index (χ2n) is 4.57. The molecule has 0 aliphatic heterocycles. The number of carbonyl (C=O) groups excluding carboxylic acids is 1. The number of methoxy groups -OCH3 is 1. The Bertz CT molecular complexity index is 650. The molecule has 0 atom stereocenters. The summed E-state index contributed by atoms with van der Waals surface area (Å²) in [5.41, 5.74) is 2.82. The zero-order valence-corrected chi connectivity index (χ0v) is 11.7. The predicted octanol–water partition coefficient (Wildman–Crippen LogP) is 3.27. The third-order valence-corrected chi connectivity index (χ3v) is 3.34. The lowest BCUT2D eigenvalue weighted by molar-refractivity contribution is 0.102. The lowest BCUT2D eigenvalue weighted by atomic mass is 10.1. The van der Waals surface area contributed by atoms with Crippen molar-refractivity contribution in [3.8, 4) is 11.5 Å². The fourth-order valence-corrected chi connectivity index (χ4v) is 1.90. The topological polar surface area (TPSA) is 58.6 Å². The van der Waals surface area contributed by atoms with E-state index in [9.17, 15) is 9.90 Å². The molecule has 0 aliphatic carbocycles. The Hall–Kier alpha value is -2.49. The minimum Gasteiger partial charge on any atom is -0.508 e. The lowest BCUT2D eigenvalue weighted by Gasteiger charge is -2.12. The second kappa shape index (κ2) is 5.65. The van der Waals surface area contributed by atoms with Gasteiger partial charge >= 0.3 is 0 Å². The Labute approximate surface area is 118 Å². The van der Waals surface area contributed by atoms with Crippen molar-refractivity contribution in [3.05, 3.63) is 53.1 Å². The van der Waals surface area contributed by atoms with Crippen molar-refractivity contribution in [1.29, 1.82) is 0 Å². The SMILES string of the molecule is COc1cccc(C(=O)Nc2ccc(O)c(C)c2C)c1. The molecule has 4 heteroatoms. The summed E-state index contributed by atoms with van der Waals surface area (Å²) in [5.74, 6) is 0.648. The number of anilines is 1. The van der Waals surface area contributed by atoms with Gasteiger partial charge in [-0.15, -0.1) is 0 Å². The molecule has 0 saturated carbocycles. The summed E-state index contributed by atoms with van der Waals surface area (Å²) in [6, 6.07) is 10.2. The molecule has 0 spiro atoms. The van der Waals surface area contributed by atoms with Crippen molar-refractivity contribution in [2.45, 2.75) is 13.8 Å². The molecule has 1 amide bonds. The van der Waals surface area contributed by atoms with Crippen LogP contribution >= 0.6 is 0 Å². The van der Waals surface area contributed by atoms with Crippen LogP contribution in [0.4, 0.5) is 5.69 Å². The largest absolute Gasteiger partial charge is 0.508 e. The van der Waals surface area contributed by atoms with Gasteiger partial charge in [-0.05, 0) is 55.3 Å². The van der Waals surface area contributed by atoms with Crippen LogP contribution in [0.2, 0.25) is 0 Å². The summed E-state index contributed by atoms with van der Waals surface area (Å²) >= 11 is 0. The number of rotatable bonds is 3. The number of carbonyl (C=O) groups is 1. The molecule has 4 nitrogen and oxygen atoms in total. The molecule has 2 aromatic carbocycles. The first-order valence-corrected chi connectivity index (χ1v) is 6.27. The van der Waals surface area contributed by atoms with E-state index in [-0.39, 0.29) is 11.7 Å². The van der Waals surface area contributed by atoms with Crippen LogP contribution in [0.3, 0.4) is 0 Å². The Morgan fingerprint density at radius 2 is 1.90 bits per heavy atom. The molecular weight excluding hydrogens is 254 g/mol. The summed E-state index contributed by atoms with van der Waals surface area (Å²) in [4.78, 5) is 12.2. The molecule has 0 unspecified atom stereocenters. The molecule has 0 heterocycles. The zero-order chi connectivity index (χ0) is 14.7. The van der Waals surface area contributed by atoms with Crippen LogP contribution in [-0.2, 0) is 0 Å².